The van der Waals surface area contributed by atoms with Gasteiger partial charge in [0.15, 0.2) is 11.6 Å². The number of aryl methyl sites for hydroxylation is 1. The molecule has 0 spiro atoms. The van der Waals surface area contributed by atoms with Crippen LogP contribution in [0.2, 0.25) is 0 Å². The summed E-state index contributed by atoms with van der Waals surface area (Å²) in [6, 6.07) is 3.31. The van der Waals surface area contributed by atoms with Crippen LogP contribution >= 0.6 is 0 Å². The van der Waals surface area contributed by atoms with Gasteiger partial charge in [-0.2, -0.15) is 8.78 Å². The van der Waals surface area contributed by atoms with Gasteiger partial charge in [0.25, 0.3) is 0 Å². The average molecular weight is 473 g/mol. The van der Waals surface area contributed by atoms with Crippen LogP contribution in [0.15, 0.2) is 18.3 Å². The number of carbonyl (C=O) groups is 1. The minimum absolute atomic E-state index is 0.0263. The molecule has 4 heterocycles. The molecule has 1 atom stereocenters. The molecule has 0 unspecified atom stereocenters. The number of hydrogen-bond donors (Lipinski definition) is 1. The maximum atomic E-state index is 14.1. The number of carbonyl (C=O) groups excluding carboxylic acids is 1. The second-order valence-electron chi connectivity index (χ2n) is 9.37. The Labute approximate surface area is 197 Å². The highest BCUT2D eigenvalue weighted by Gasteiger charge is 2.37. The van der Waals surface area contributed by atoms with Crippen molar-refractivity contribution in [3.63, 3.8) is 0 Å². The third-order valence-electron chi connectivity index (χ3n) is 6.42. The zero-order valence-electron chi connectivity index (χ0n) is 20.4. The number of halogens is 2. The standard InChI is InChI=1S/C23H30F2N8O/c1-7-19(34)28-17-11-16-15(12-26-17)20(32-9-8-22(3,13-32)31(5)6)30-33(16)18-10-14(2)27-21(29-18)23(4,24)25/h10-12H,7-9,13H2,1-6H3,(H,26,28,34)/t22-/m1/s1. The first-order chi connectivity index (χ1) is 15.9. The van der Waals surface area contributed by atoms with E-state index in [0.29, 0.717) is 29.3 Å². The molecule has 0 aliphatic carbocycles. The Bertz CT molecular complexity index is 1240. The average Bonchev–Trinajstić information content (AvgIpc) is 3.34. The molecule has 4 rings (SSSR count). The lowest BCUT2D eigenvalue weighted by Crippen LogP contribution is -2.43. The van der Waals surface area contributed by atoms with Crippen LogP contribution < -0.4 is 10.2 Å². The molecule has 182 valence electrons. The summed E-state index contributed by atoms with van der Waals surface area (Å²) >= 11 is 0. The SMILES string of the molecule is CCC(=O)Nc1cc2c(cn1)c(N1CC[C@@](C)(N(C)C)C1)nn2-c1cc(C)nc(C(C)(F)F)n1. The molecular weight excluding hydrogens is 442 g/mol. The Morgan fingerprint density at radius 1 is 1.29 bits per heavy atom. The van der Waals surface area contributed by atoms with Gasteiger partial charge < -0.3 is 15.1 Å². The third-order valence-corrected chi connectivity index (χ3v) is 6.42. The van der Waals surface area contributed by atoms with E-state index in [9.17, 15) is 13.6 Å². The fourth-order valence-corrected chi connectivity index (χ4v) is 4.05. The maximum Gasteiger partial charge on any atom is 0.303 e. The van der Waals surface area contributed by atoms with Crippen molar-refractivity contribution in [2.75, 3.05) is 37.4 Å². The summed E-state index contributed by atoms with van der Waals surface area (Å²) < 4.78 is 29.7. The van der Waals surface area contributed by atoms with Gasteiger partial charge in [0.05, 0.1) is 10.9 Å². The predicted molar refractivity (Wildman–Crippen MR) is 127 cm³/mol. The number of anilines is 2. The van der Waals surface area contributed by atoms with Crippen LogP contribution in [0.5, 0.6) is 0 Å². The molecule has 3 aromatic heterocycles. The predicted octanol–water partition coefficient (Wildman–Crippen LogP) is 3.51. The van der Waals surface area contributed by atoms with Gasteiger partial charge in [-0.3, -0.25) is 4.79 Å². The molecule has 1 N–H and O–H groups in total. The molecule has 0 radical (unpaired) electrons. The monoisotopic (exact) mass is 472 g/mol. The van der Waals surface area contributed by atoms with Crippen molar-refractivity contribution < 1.29 is 13.6 Å². The fraction of sp³-hybridized carbons (Fsp3) is 0.522. The van der Waals surface area contributed by atoms with Crippen molar-refractivity contribution in [1.29, 1.82) is 0 Å². The topological polar surface area (TPSA) is 92.1 Å². The van der Waals surface area contributed by atoms with Crippen molar-refractivity contribution >= 4 is 28.4 Å². The highest BCUT2D eigenvalue weighted by Crippen LogP contribution is 2.35. The zero-order valence-corrected chi connectivity index (χ0v) is 20.4. The van der Waals surface area contributed by atoms with Gasteiger partial charge in [0.2, 0.25) is 11.7 Å². The summed E-state index contributed by atoms with van der Waals surface area (Å²) in [5, 5.41) is 8.31. The number of nitrogens with one attached hydrogen (secondary N) is 1. The lowest BCUT2D eigenvalue weighted by Gasteiger charge is -2.32. The second kappa shape index (κ2) is 8.53. The molecule has 9 nitrogen and oxygen atoms in total. The van der Waals surface area contributed by atoms with Crippen molar-refractivity contribution in [2.24, 2.45) is 0 Å². The molecule has 1 amide bonds. The highest BCUT2D eigenvalue weighted by molar-refractivity contribution is 5.95. The molecule has 1 fully saturated rings. The first kappa shape index (κ1) is 23.9. The van der Waals surface area contributed by atoms with Crippen LogP contribution in [0.25, 0.3) is 16.7 Å². The Morgan fingerprint density at radius 2 is 2.03 bits per heavy atom. The molecule has 0 bridgehead atoms. The number of nitrogens with zero attached hydrogens (tertiary/aromatic N) is 7. The number of likely N-dealkylation sites (N-methyl/N-ethyl adjacent to an activating group) is 1. The number of hydrogen-bond acceptors (Lipinski definition) is 7. The first-order valence-corrected chi connectivity index (χ1v) is 11.3. The van der Waals surface area contributed by atoms with Crippen LogP contribution in [0, 0.1) is 6.92 Å². The largest absolute Gasteiger partial charge is 0.353 e. The van der Waals surface area contributed by atoms with E-state index in [1.807, 2.05) is 0 Å². The molecular formula is C23H30F2N8O. The van der Waals surface area contributed by atoms with Gasteiger partial charge in [-0.1, -0.05) is 6.92 Å². The molecule has 1 saturated heterocycles. The van der Waals surface area contributed by atoms with Crippen molar-refractivity contribution in [1.82, 2.24) is 29.6 Å². The Hall–Kier alpha value is -3.21. The van der Waals surface area contributed by atoms with Gasteiger partial charge in [-0.15, -0.1) is 5.10 Å². The van der Waals surface area contributed by atoms with Crippen molar-refractivity contribution in [3.05, 3.63) is 29.8 Å². The van der Waals surface area contributed by atoms with E-state index in [1.165, 1.54) is 4.68 Å². The van der Waals surface area contributed by atoms with Gasteiger partial charge >= 0.3 is 5.92 Å². The van der Waals surface area contributed by atoms with Gasteiger partial charge in [-0.25, -0.2) is 19.6 Å². The number of aromatic nitrogens is 5. The quantitative estimate of drug-likeness (QED) is 0.587. The summed E-state index contributed by atoms with van der Waals surface area (Å²) in [5.74, 6) is -2.65. The summed E-state index contributed by atoms with van der Waals surface area (Å²) in [5.41, 5.74) is 0.988. The lowest BCUT2D eigenvalue weighted by atomic mass is 10.0. The normalized spacial score (nSPS) is 18.8. The molecule has 34 heavy (non-hydrogen) atoms. The molecule has 11 heteroatoms. The molecule has 1 aliphatic heterocycles. The third kappa shape index (κ3) is 4.44. The first-order valence-electron chi connectivity index (χ1n) is 11.3. The number of rotatable bonds is 6. The Morgan fingerprint density at radius 3 is 2.65 bits per heavy atom. The molecule has 3 aromatic rings. The Balaban J connectivity index is 1.88. The smallest absolute Gasteiger partial charge is 0.303 e. The molecule has 0 aromatic carbocycles. The fourth-order valence-electron chi connectivity index (χ4n) is 4.05. The minimum Gasteiger partial charge on any atom is -0.353 e. The number of pyridine rings is 1. The van der Waals surface area contributed by atoms with E-state index in [1.54, 1.807) is 32.2 Å². The van der Waals surface area contributed by atoms with E-state index in [-0.39, 0.29) is 17.3 Å². The summed E-state index contributed by atoms with van der Waals surface area (Å²) in [6.45, 7) is 7.91. The maximum absolute atomic E-state index is 14.1. The number of amides is 1. The van der Waals surface area contributed by atoms with E-state index in [0.717, 1.165) is 31.8 Å². The summed E-state index contributed by atoms with van der Waals surface area (Å²) in [4.78, 5) is 28.8. The van der Waals surface area contributed by atoms with Crippen molar-refractivity contribution in [3.8, 4) is 5.82 Å². The van der Waals surface area contributed by atoms with E-state index >= 15 is 0 Å². The van der Waals surface area contributed by atoms with Crippen LogP contribution in [0.1, 0.15) is 45.1 Å². The lowest BCUT2D eigenvalue weighted by molar-refractivity contribution is -0.115. The van der Waals surface area contributed by atoms with Gasteiger partial charge in [-0.05, 0) is 34.4 Å². The zero-order chi connectivity index (χ0) is 24.8. The summed E-state index contributed by atoms with van der Waals surface area (Å²) in [6.07, 6.45) is 2.92. The minimum atomic E-state index is -3.20. The van der Waals surface area contributed by atoms with Crippen LogP contribution in [0.3, 0.4) is 0 Å². The van der Waals surface area contributed by atoms with Gasteiger partial charge in [0, 0.05) is 56.0 Å². The molecule has 0 saturated carbocycles. The molecule has 1 aliphatic rings. The highest BCUT2D eigenvalue weighted by atomic mass is 19.3. The number of fused-ring (bicyclic) bond motifs is 1. The second-order valence-corrected chi connectivity index (χ2v) is 9.37. The van der Waals surface area contributed by atoms with Gasteiger partial charge in [0.1, 0.15) is 5.82 Å². The van der Waals surface area contributed by atoms with E-state index in [4.69, 9.17) is 5.10 Å². The van der Waals surface area contributed by atoms with Crippen LogP contribution in [0.4, 0.5) is 20.4 Å². The summed E-state index contributed by atoms with van der Waals surface area (Å²) in [7, 11) is 4.11. The number of alkyl halides is 2. The Kier molecular flexibility index (Phi) is 6.01. The van der Waals surface area contributed by atoms with E-state index < -0.39 is 11.7 Å². The van der Waals surface area contributed by atoms with E-state index in [2.05, 4.69) is 51.1 Å². The van der Waals surface area contributed by atoms with Crippen molar-refractivity contribution in [2.45, 2.75) is 52.0 Å². The van der Waals surface area contributed by atoms with Crippen LogP contribution in [-0.4, -0.2) is 68.3 Å². The van der Waals surface area contributed by atoms with Crippen LogP contribution in [-0.2, 0) is 10.7 Å².